The first kappa shape index (κ1) is 18.1. The van der Waals surface area contributed by atoms with Crippen molar-refractivity contribution in [3.63, 3.8) is 0 Å². The molecule has 0 saturated heterocycles. The molecule has 0 spiro atoms. The molecule has 0 aromatic heterocycles. The topological polar surface area (TPSA) is 0 Å². The second kappa shape index (κ2) is 9.36. The molecule has 0 aliphatic carbocycles. The van der Waals surface area contributed by atoms with Crippen LogP contribution in [-0.2, 0) is 0 Å². The van der Waals surface area contributed by atoms with Gasteiger partial charge in [0.15, 0.2) is 0 Å². The molecule has 0 heterocycles. The summed E-state index contributed by atoms with van der Waals surface area (Å²) in [7, 11) is 0. The molecule has 1 aromatic carbocycles. The summed E-state index contributed by atoms with van der Waals surface area (Å²) in [5.41, 5.74) is 1.38. The van der Waals surface area contributed by atoms with Crippen molar-refractivity contribution in [2.75, 3.05) is 0 Å². The predicted octanol–water partition coefficient (Wildman–Crippen LogP) is 3.10. The van der Waals surface area contributed by atoms with Gasteiger partial charge in [-0.05, 0) is 5.92 Å². The fourth-order valence-corrected chi connectivity index (χ4v) is 0.785. The molecule has 2 heteroatoms. The van der Waals surface area contributed by atoms with E-state index in [1.54, 1.807) is 0 Å². The van der Waals surface area contributed by atoms with E-state index in [0.717, 1.165) is 0 Å². The summed E-state index contributed by atoms with van der Waals surface area (Å²) in [4.78, 5) is 0. The van der Waals surface area contributed by atoms with Gasteiger partial charge in [-0.15, -0.1) is 12.4 Å². The molecule has 0 fully saturated rings. The zero-order valence-corrected chi connectivity index (χ0v) is 10.2. The van der Waals surface area contributed by atoms with Crippen LogP contribution < -0.4 is 0 Å². The van der Waals surface area contributed by atoms with Crippen LogP contribution in [0.2, 0.25) is 0 Å². The zero-order chi connectivity index (χ0) is 6.69. The Bertz CT molecular complexity index is 172. The van der Waals surface area contributed by atoms with Gasteiger partial charge in [0.1, 0.15) is 0 Å². The number of rotatable bonds is 1. The molecule has 12 heavy (non-hydrogen) atoms. The van der Waals surface area contributed by atoms with Crippen LogP contribution in [0.5, 0.6) is 0 Å². The van der Waals surface area contributed by atoms with Gasteiger partial charge in [-0.2, -0.15) is 35.9 Å². The standard InChI is InChI=1S/C9H11.CH3.ClH.Mg/c1-8(2)9-6-4-3-5-7-9;;;/h4-8H,1-2H3;1H3;1H;/q2*-1;;+2. The average molecular weight is 195 g/mol. The van der Waals surface area contributed by atoms with Crippen molar-refractivity contribution in [1.29, 1.82) is 0 Å². The van der Waals surface area contributed by atoms with Gasteiger partial charge in [0.25, 0.3) is 0 Å². The first-order valence-corrected chi connectivity index (χ1v) is 3.26. The summed E-state index contributed by atoms with van der Waals surface area (Å²) < 4.78 is 0. The molecule has 1 aromatic rings. The van der Waals surface area contributed by atoms with Gasteiger partial charge in [-0.1, -0.05) is 13.8 Å². The van der Waals surface area contributed by atoms with Crippen LogP contribution in [0.15, 0.2) is 24.3 Å². The van der Waals surface area contributed by atoms with Crippen molar-refractivity contribution in [2.45, 2.75) is 19.8 Å². The Morgan fingerprint density at radius 2 is 1.58 bits per heavy atom. The Balaban J connectivity index is -0.000000270. The molecule has 0 aliphatic heterocycles. The van der Waals surface area contributed by atoms with Crippen LogP contribution >= 0.6 is 12.4 Å². The third-order valence-corrected chi connectivity index (χ3v) is 1.41. The van der Waals surface area contributed by atoms with Crippen LogP contribution in [0.1, 0.15) is 25.3 Å². The first-order chi connectivity index (χ1) is 4.30. The van der Waals surface area contributed by atoms with E-state index in [4.69, 9.17) is 0 Å². The molecular formula is C10H15ClMg. The normalized spacial score (nSPS) is 7.58. The monoisotopic (exact) mass is 194 g/mol. The Morgan fingerprint density at radius 3 is 1.83 bits per heavy atom. The van der Waals surface area contributed by atoms with Crippen LogP contribution in [-0.4, -0.2) is 23.1 Å². The van der Waals surface area contributed by atoms with Crippen LogP contribution in [0.4, 0.5) is 0 Å². The summed E-state index contributed by atoms with van der Waals surface area (Å²) in [6.45, 7) is 4.38. The van der Waals surface area contributed by atoms with E-state index < -0.39 is 0 Å². The summed E-state index contributed by atoms with van der Waals surface area (Å²) in [5, 5.41) is 0. The van der Waals surface area contributed by atoms with Crippen molar-refractivity contribution in [3.8, 4) is 0 Å². The Morgan fingerprint density at radius 1 is 1.17 bits per heavy atom. The smallest absolute Gasteiger partial charge is 0.358 e. The summed E-state index contributed by atoms with van der Waals surface area (Å²) >= 11 is 0. The molecular weight excluding hydrogens is 180 g/mol. The average Bonchev–Trinajstić information content (AvgIpc) is 1.90. The molecule has 0 saturated carbocycles. The number of hydrogen-bond acceptors (Lipinski definition) is 0. The molecule has 0 atom stereocenters. The summed E-state index contributed by atoms with van der Waals surface area (Å²) in [6.07, 6.45) is 0. The largest absolute Gasteiger partial charge is 2.00 e. The van der Waals surface area contributed by atoms with Crippen molar-refractivity contribution in [1.82, 2.24) is 0 Å². The Kier molecular flexibility index (Phi) is 14.2. The van der Waals surface area contributed by atoms with E-state index >= 15 is 0 Å². The molecule has 0 bridgehead atoms. The third-order valence-electron chi connectivity index (χ3n) is 1.41. The second-order valence-electron chi connectivity index (χ2n) is 2.49. The SMILES string of the molecule is CC(C)c1cc[c-]cc1.Cl.[CH3-].[Mg+2]. The minimum absolute atomic E-state index is 0. The molecule has 0 nitrogen and oxygen atoms in total. The maximum Gasteiger partial charge on any atom is 2.00 e. The van der Waals surface area contributed by atoms with E-state index in [9.17, 15) is 0 Å². The Hall–Kier alpha value is 0.276. The van der Waals surface area contributed by atoms with Crippen molar-refractivity contribution >= 4 is 35.5 Å². The van der Waals surface area contributed by atoms with E-state index in [0.29, 0.717) is 5.92 Å². The van der Waals surface area contributed by atoms with Gasteiger partial charge < -0.3 is 7.43 Å². The molecule has 0 N–H and O–H groups in total. The van der Waals surface area contributed by atoms with Gasteiger partial charge in [0.05, 0.1) is 0 Å². The maximum atomic E-state index is 2.99. The van der Waals surface area contributed by atoms with Gasteiger partial charge in [0, 0.05) is 0 Å². The molecule has 0 unspecified atom stereocenters. The zero-order valence-electron chi connectivity index (χ0n) is 8.00. The van der Waals surface area contributed by atoms with Crippen molar-refractivity contribution in [3.05, 3.63) is 43.3 Å². The van der Waals surface area contributed by atoms with E-state index in [1.807, 2.05) is 12.1 Å². The van der Waals surface area contributed by atoms with E-state index in [1.165, 1.54) is 5.56 Å². The molecule has 0 radical (unpaired) electrons. The van der Waals surface area contributed by atoms with Gasteiger partial charge in [-0.3, -0.25) is 0 Å². The number of hydrogen-bond donors (Lipinski definition) is 0. The molecule has 0 aliphatic rings. The van der Waals surface area contributed by atoms with Gasteiger partial charge in [-0.25, -0.2) is 0 Å². The van der Waals surface area contributed by atoms with E-state index in [-0.39, 0.29) is 42.9 Å². The second-order valence-corrected chi connectivity index (χ2v) is 2.49. The third kappa shape index (κ3) is 5.87. The quantitative estimate of drug-likeness (QED) is 0.477. The van der Waals surface area contributed by atoms with Gasteiger partial charge >= 0.3 is 23.1 Å². The van der Waals surface area contributed by atoms with Crippen molar-refractivity contribution < 1.29 is 0 Å². The predicted molar refractivity (Wildman–Crippen MR) is 58.8 cm³/mol. The fraction of sp³-hybridized carbons (Fsp3) is 0.300. The number of halogens is 1. The van der Waals surface area contributed by atoms with E-state index in [2.05, 4.69) is 32.0 Å². The summed E-state index contributed by atoms with van der Waals surface area (Å²) in [6, 6.07) is 11.1. The van der Waals surface area contributed by atoms with Crippen LogP contribution in [0.25, 0.3) is 0 Å². The molecule has 0 amide bonds. The minimum atomic E-state index is 0. The van der Waals surface area contributed by atoms with Gasteiger partial charge in [0.2, 0.25) is 0 Å². The first-order valence-electron chi connectivity index (χ1n) is 3.26. The van der Waals surface area contributed by atoms with Crippen molar-refractivity contribution in [2.24, 2.45) is 0 Å². The summed E-state index contributed by atoms with van der Waals surface area (Å²) in [5.74, 6) is 0.639. The minimum Gasteiger partial charge on any atom is -0.358 e. The molecule has 1 rings (SSSR count). The maximum absolute atomic E-state index is 2.99. The molecule has 64 valence electrons. The fourth-order valence-electron chi connectivity index (χ4n) is 0.785. The van der Waals surface area contributed by atoms with Crippen LogP contribution in [0.3, 0.4) is 0 Å². The number of benzene rings is 1. The van der Waals surface area contributed by atoms with Crippen LogP contribution in [0, 0.1) is 13.5 Å². The Labute approximate surface area is 98.3 Å².